The fourth-order valence-corrected chi connectivity index (χ4v) is 3.57. The van der Waals surface area contributed by atoms with E-state index in [0.29, 0.717) is 6.04 Å². The third-order valence-corrected chi connectivity index (χ3v) is 4.79. The molecule has 3 rings (SSSR count). The molecule has 1 N–H and O–H groups in total. The maximum atomic E-state index is 9.66. The van der Waals surface area contributed by atoms with E-state index < -0.39 is 0 Å². The van der Waals surface area contributed by atoms with Crippen LogP contribution in [0.1, 0.15) is 31.7 Å². The fraction of sp³-hybridized carbons (Fsp3) is 0.611. The molecule has 2 aromatic rings. The Labute approximate surface area is 138 Å². The van der Waals surface area contributed by atoms with E-state index >= 15 is 0 Å². The highest BCUT2D eigenvalue weighted by molar-refractivity contribution is 5.41. The van der Waals surface area contributed by atoms with Gasteiger partial charge in [0, 0.05) is 50.7 Å². The predicted octanol–water partition coefficient (Wildman–Crippen LogP) is 1.92. The van der Waals surface area contributed by atoms with Gasteiger partial charge in [0.2, 0.25) is 0 Å². The number of aliphatic hydroxyl groups excluding tert-OH is 1. The summed E-state index contributed by atoms with van der Waals surface area (Å²) in [4.78, 5) is 9.67. The van der Waals surface area contributed by atoms with Crippen molar-refractivity contribution in [3.8, 4) is 0 Å². The summed E-state index contributed by atoms with van der Waals surface area (Å²) in [6.45, 7) is 11.0. The number of fused-ring (bicyclic) bond motifs is 1. The van der Waals surface area contributed by atoms with Crippen molar-refractivity contribution in [2.45, 2.75) is 45.9 Å². The maximum Gasteiger partial charge on any atom is 0.137 e. The molecule has 0 amide bonds. The molecule has 0 radical (unpaired) electrons. The molecule has 2 aromatic heterocycles. The highest BCUT2D eigenvalue weighted by Crippen LogP contribution is 2.16. The SMILES string of the molecule is CC[C@@H]1CN(Cc2cn3c(C)cccc3n2)CCN1C[C@@H](C)O. The molecule has 0 saturated carbocycles. The number of aliphatic hydroxyl groups is 1. The lowest BCUT2D eigenvalue weighted by atomic mass is 10.1. The lowest BCUT2D eigenvalue weighted by molar-refractivity contribution is 0.0334. The summed E-state index contributed by atoms with van der Waals surface area (Å²) in [5.41, 5.74) is 3.38. The molecular formula is C18H28N4O. The van der Waals surface area contributed by atoms with Crippen molar-refractivity contribution in [1.29, 1.82) is 0 Å². The summed E-state index contributed by atoms with van der Waals surface area (Å²) >= 11 is 0. The molecule has 0 aromatic carbocycles. The van der Waals surface area contributed by atoms with Gasteiger partial charge in [-0.3, -0.25) is 9.80 Å². The minimum atomic E-state index is -0.253. The monoisotopic (exact) mass is 316 g/mol. The molecule has 126 valence electrons. The van der Waals surface area contributed by atoms with Crippen molar-refractivity contribution >= 4 is 5.65 Å². The molecule has 0 aliphatic carbocycles. The summed E-state index contributed by atoms with van der Waals surface area (Å²) < 4.78 is 2.16. The molecule has 1 fully saturated rings. The van der Waals surface area contributed by atoms with E-state index in [1.807, 2.05) is 6.92 Å². The Morgan fingerprint density at radius 2 is 2.17 bits per heavy atom. The molecule has 1 aliphatic heterocycles. The second-order valence-corrected chi connectivity index (χ2v) is 6.77. The lowest BCUT2D eigenvalue weighted by Gasteiger charge is -2.41. The van der Waals surface area contributed by atoms with Crippen LogP contribution >= 0.6 is 0 Å². The van der Waals surface area contributed by atoms with Crippen molar-refractivity contribution < 1.29 is 5.11 Å². The predicted molar refractivity (Wildman–Crippen MR) is 92.5 cm³/mol. The Bertz CT molecular complexity index is 652. The number of aryl methyl sites for hydroxylation is 1. The lowest BCUT2D eigenvalue weighted by Crippen LogP contribution is -2.54. The molecule has 2 atom stereocenters. The summed E-state index contributed by atoms with van der Waals surface area (Å²) in [5.74, 6) is 0. The van der Waals surface area contributed by atoms with E-state index in [9.17, 15) is 5.11 Å². The summed E-state index contributed by atoms with van der Waals surface area (Å²) in [5, 5.41) is 9.66. The number of pyridine rings is 1. The van der Waals surface area contributed by atoms with Crippen LogP contribution in [-0.4, -0.2) is 62.6 Å². The van der Waals surface area contributed by atoms with Crippen LogP contribution < -0.4 is 0 Å². The van der Waals surface area contributed by atoms with E-state index in [1.165, 1.54) is 5.69 Å². The van der Waals surface area contributed by atoms with E-state index in [-0.39, 0.29) is 6.10 Å². The Kier molecular flexibility index (Phi) is 4.99. The number of rotatable bonds is 5. The van der Waals surface area contributed by atoms with Gasteiger partial charge in [-0.2, -0.15) is 0 Å². The van der Waals surface area contributed by atoms with Crippen molar-refractivity contribution in [1.82, 2.24) is 19.2 Å². The third kappa shape index (κ3) is 3.74. The number of hydrogen-bond acceptors (Lipinski definition) is 4. The first-order chi connectivity index (χ1) is 11.1. The number of β-amino-alcohol motifs (C(OH)–C–C–N with tert-alkyl or cyclic N) is 1. The first kappa shape index (κ1) is 16.4. The molecule has 5 nitrogen and oxygen atoms in total. The number of aromatic nitrogens is 2. The van der Waals surface area contributed by atoms with E-state index in [2.05, 4.69) is 52.4 Å². The number of imidazole rings is 1. The van der Waals surface area contributed by atoms with Crippen LogP contribution in [0.5, 0.6) is 0 Å². The van der Waals surface area contributed by atoms with Crippen molar-refractivity contribution in [3.05, 3.63) is 35.8 Å². The van der Waals surface area contributed by atoms with Gasteiger partial charge in [0.25, 0.3) is 0 Å². The average Bonchev–Trinajstić information content (AvgIpc) is 2.92. The quantitative estimate of drug-likeness (QED) is 0.915. The van der Waals surface area contributed by atoms with Crippen LogP contribution in [0.4, 0.5) is 0 Å². The van der Waals surface area contributed by atoms with Gasteiger partial charge >= 0.3 is 0 Å². The summed E-state index contributed by atoms with van der Waals surface area (Å²) in [6.07, 6.45) is 3.03. The molecule has 0 bridgehead atoms. The fourth-order valence-electron chi connectivity index (χ4n) is 3.57. The van der Waals surface area contributed by atoms with E-state index in [0.717, 1.165) is 50.5 Å². The summed E-state index contributed by atoms with van der Waals surface area (Å²) in [7, 11) is 0. The normalized spacial score (nSPS) is 21.8. The van der Waals surface area contributed by atoms with Gasteiger partial charge in [-0.05, 0) is 32.4 Å². The Morgan fingerprint density at radius 1 is 1.35 bits per heavy atom. The van der Waals surface area contributed by atoms with Crippen LogP contribution in [0.3, 0.4) is 0 Å². The highest BCUT2D eigenvalue weighted by atomic mass is 16.3. The largest absolute Gasteiger partial charge is 0.392 e. The molecule has 1 aliphatic rings. The van der Waals surface area contributed by atoms with Crippen LogP contribution in [0.15, 0.2) is 24.4 Å². The first-order valence-corrected chi connectivity index (χ1v) is 8.65. The molecule has 3 heterocycles. The number of nitrogens with zero attached hydrogens (tertiary/aromatic N) is 4. The minimum absolute atomic E-state index is 0.253. The highest BCUT2D eigenvalue weighted by Gasteiger charge is 2.26. The van der Waals surface area contributed by atoms with Gasteiger partial charge in [0.15, 0.2) is 0 Å². The second-order valence-electron chi connectivity index (χ2n) is 6.77. The van der Waals surface area contributed by atoms with Crippen molar-refractivity contribution in [2.24, 2.45) is 0 Å². The minimum Gasteiger partial charge on any atom is -0.392 e. The standard InChI is InChI=1S/C18H28N4O/c1-4-17-13-20(8-9-21(17)10-15(3)23)11-16-12-22-14(2)6-5-7-18(22)19-16/h5-7,12,15,17,23H,4,8-11,13H2,1-3H3/t15-,17-/m1/s1. The zero-order chi connectivity index (χ0) is 16.4. The Balaban J connectivity index is 1.67. The smallest absolute Gasteiger partial charge is 0.137 e. The van der Waals surface area contributed by atoms with Gasteiger partial charge in [0.1, 0.15) is 5.65 Å². The van der Waals surface area contributed by atoms with Gasteiger partial charge in [0.05, 0.1) is 11.8 Å². The molecule has 0 unspecified atom stereocenters. The topological polar surface area (TPSA) is 44.0 Å². The zero-order valence-corrected chi connectivity index (χ0v) is 14.4. The molecule has 5 heteroatoms. The van der Waals surface area contributed by atoms with Gasteiger partial charge in [-0.1, -0.05) is 13.0 Å². The van der Waals surface area contributed by atoms with Gasteiger partial charge < -0.3 is 9.51 Å². The summed E-state index contributed by atoms with van der Waals surface area (Å²) in [6, 6.07) is 6.76. The number of piperazine rings is 1. The van der Waals surface area contributed by atoms with Gasteiger partial charge in [-0.25, -0.2) is 4.98 Å². The number of hydrogen-bond donors (Lipinski definition) is 1. The zero-order valence-electron chi connectivity index (χ0n) is 14.4. The Hall–Kier alpha value is -1.43. The second kappa shape index (κ2) is 6.99. The first-order valence-electron chi connectivity index (χ1n) is 8.65. The van der Waals surface area contributed by atoms with Crippen molar-refractivity contribution in [2.75, 3.05) is 26.2 Å². The molecule has 23 heavy (non-hydrogen) atoms. The average molecular weight is 316 g/mol. The Morgan fingerprint density at radius 3 is 2.87 bits per heavy atom. The molecular weight excluding hydrogens is 288 g/mol. The van der Waals surface area contributed by atoms with Crippen LogP contribution in [0.2, 0.25) is 0 Å². The van der Waals surface area contributed by atoms with Crippen LogP contribution in [0.25, 0.3) is 5.65 Å². The van der Waals surface area contributed by atoms with Crippen molar-refractivity contribution in [3.63, 3.8) is 0 Å². The molecule has 1 saturated heterocycles. The third-order valence-electron chi connectivity index (χ3n) is 4.79. The van der Waals surface area contributed by atoms with Crippen LogP contribution in [-0.2, 0) is 6.54 Å². The van der Waals surface area contributed by atoms with E-state index in [4.69, 9.17) is 4.98 Å². The maximum absolute atomic E-state index is 9.66. The molecule has 0 spiro atoms. The van der Waals surface area contributed by atoms with Gasteiger partial charge in [-0.15, -0.1) is 0 Å². The van der Waals surface area contributed by atoms with E-state index in [1.54, 1.807) is 0 Å². The van der Waals surface area contributed by atoms with Crippen LogP contribution in [0, 0.1) is 6.92 Å².